The SMILES string of the molecule is COc1ccc(NC(=O)C[C@@H]2SC(=Nc3cccc4ccccc34)N(CCC3=CCCCC3)C2=O)cc1OC. The molecule has 0 spiro atoms. The average molecular weight is 544 g/mol. The Hall–Kier alpha value is -3.78. The van der Waals surface area contributed by atoms with Crippen LogP contribution in [0.3, 0.4) is 0 Å². The number of benzene rings is 3. The van der Waals surface area contributed by atoms with Gasteiger partial charge in [0, 0.05) is 30.1 Å². The molecule has 1 fully saturated rings. The number of aliphatic imine (C=N–C) groups is 1. The maximum absolute atomic E-state index is 13.6. The van der Waals surface area contributed by atoms with Gasteiger partial charge in [-0.05, 0) is 55.7 Å². The maximum atomic E-state index is 13.6. The van der Waals surface area contributed by atoms with Gasteiger partial charge in [-0.3, -0.25) is 14.5 Å². The minimum Gasteiger partial charge on any atom is -0.493 e. The van der Waals surface area contributed by atoms with Crippen molar-refractivity contribution in [3.8, 4) is 11.5 Å². The molecular weight excluding hydrogens is 510 g/mol. The van der Waals surface area contributed by atoms with Crippen LogP contribution in [0.5, 0.6) is 11.5 Å². The maximum Gasteiger partial charge on any atom is 0.242 e. The molecule has 0 saturated carbocycles. The Labute approximate surface area is 233 Å². The first-order valence-corrected chi connectivity index (χ1v) is 14.2. The number of amidine groups is 1. The Morgan fingerprint density at radius 3 is 2.67 bits per heavy atom. The Morgan fingerprint density at radius 2 is 1.87 bits per heavy atom. The number of carbonyl (C=O) groups excluding carboxylic acids is 2. The molecule has 3 aromatic rings. The highest BCUT2D eigenvalue weighted by atomic mass is 32.2. The van der Waals surface area contributed by atoms with Gasteiger partial charge in [-0.1, -0.05) is 59.8 Å². The van der Waals surface area contributed by atoms with Gasteiger partial charge in [0.1, 0.15) is 5.25 Å². The van der Waals surface area contributed by atoms with Gasteiger partial charge in [0.25, 0.3) is 0 Å². The molecule has 0 bridgehead atoms. The van der Waals surface area contributed by atoms with Gasteiger partial charge in [-0.2, -0.15) is 0 Å². The molecule has 3 aromatic carbocycles. The summed E-state index contributed by atoms with van der Waals surface area (Å²) in [7, 11) is 3.11. The highest BCUT2D eigenvalue weighted by molar-refractivity contribution is 8.15. The molecule has 1 saturated heterocycles. The fourth-order valence-corrected chi connectivity index (χ4v) is 6.20. The van der Waals surface area contributed by atoms with Crippen LogP contribution in [-0.2, 0) is 9.59 Å². The van der Waals surface area contributed by atoms with E-state index in [4.69, 9.17) is 14.5 Å². The number of fused-ring (bicyclic) bond motifs is 1. The van der Waals surface area contributed by atoms with Crippen LogP contribution in [0.2, 0.25) is 0 Å². The van der Waals surface area contributed by atoms with Gasteiger partial charge in [0.15, 0.2) is 16.7 Å². The first-order chi connectivity index (χ1) is 19.1. The molecular formula is C31H33N3O4S. The fourth-order valence-electron chi connectivity index (χ4n) is 5.02. The minimum atomic E-state index is -0.542. The van der Waals surface area contributed by atoms with Crippen LogP contribution in [0, 0.1) is 0 Å². The molecule has 7 nitrogen and oxygen atoms in total. The number of amides is 2. The van der Waals surface area contributed by atoms with E-state index in [0.717, 1.165) is 35.7 Å². The van der Waals surface area contributed by atoms with Crippen LogP contribution >= 0.6 is 11.8 Å². The lowest BCUT2D eigenvalue weighted by Crippen LogP contribution is -2.34. The van der Waals surface area contributed by atoms with Crippen LogP contribution in [0.15, 0.2) is 77.3 Å². The molecule has 2 amide bonds. The summed E-state index contributed by atoms with van der Waals surface area (Å²) in [5.41, 5.74) is 2.80. The summed E-state index contributed by atoms with van der Waals surface area (Å²) in [6.45, 7) is 0.565. The molecule has 39 heavy (non-hydrogen) atoms. The van der Waals surface area contributed by atoms with E-state index >= 15 is 0 Å². The predicted octanol–water partition coefficient (Wildman–Crippen LogP) is 6.71. The zero-order valence-electron chi connectivity index (χ0n) is 22.3. The molecule has 202 valence electrons. The number of hydrogen-bond acceptors (Lipinski definition) is 6. The third-order valence-electron chi connectivity index (χ3n) is 7.08. The smallest absolute Gasteiger partial charge is 0.242 e. The fraction of sp³-hybridized carbons (Fsp3) is 0.323. The number of nitrogens with one attached hydrogen (secondary N) is 1. The number of nitrogens with zero attached hydrogens (tertiary/aromatic N) is 2. The first-order valence-electron chi connectivity index (χ1n) is 13.3. The second kappa shape index (κ2) is 12.4. The van der Waals surface area contributed by atoms with Crippen LogP contribution in [0.25, 0.3) is 10.8 Å². The van der Waals surface area contributed by atoms with Crippen LogP contribution < -0.4 is 14.8 Å². The summed E-state index contributed by atoms with van der Waals surface area (Å²) >= 11 is 1.37. The molecule has 0 radical (unpaired) electrons. The second-order valence-corrected chi connectivity index (χ2v) is 10.8. The predicted molar refractivity (Wildman–Crippen MR) is 158 cm³/mol. The average Bonchev–Trinajstić information content (AvgIpc) is 3.25. The van der Waals surface area contributed by atoms with Gasteiger partial charge in [0.2, 0.25) is 11.8 Å². The van der Waals surface area contributed by atoms with Crippen molar-refractivity contribution in [1.29, 1.82) is 0 Å². The van der Waals surface area contributed by atoms with Crippen molar-refractivity contribution in [2.24, 2.45) is 4.99 Å². The second-order valence-electron chi connectivity index (χ2n) is 9.67. The standard InChI is InChI=1S/C31H33N3O4S/c1-37-26-16-15-23(19-27(26)38-2)32-29(35)20-28-30(36)34(18-17-21-9-4-3-5-10-21)31(39-28)33-25-14-8-12-22-11-6-7-13-24(22)25/h6-9,11-16,19,28H,3-5,10,17-18,20H2,1-2H3,(H,32,35)/t28-/m0/s1. The van der Waals surface area contributed by atoms with E-state index in [1.54, 1.807) is 37.3 Å². The van der Waals surface area contributed by atoms with Gasteiger partial charge in [-0.25, -0.2) is 4.99 Å². The molecule has 1 atom stereocenters. The summed E-state index contributed by atoms with van der Waals surface area (Å²) in [6, 6.07) is 19.3. The summed E-state index contributed by atoms with van der Waals surface area (Å²) in [6.07, 6.45) is 7.80. The van der Waals surface area contributed by atoms with Gasteiger partial charge >= 0.3 is 0 Å². The highest BCUT2D eigenvalue weighted by Crippen LogP contribution is 2.35. The van der Waals surface area contributed by atoms with E-state index in [0.29, 0.717) is 28.9 Å². The van der Waals surface area contributed by atoms with Crippen molar-refractivity contribution in [2.45, 2.75) is 43.8 Å². The molecule has 5 rings (SSSR count). The van der Waals surface area contributed by atoms with Crippen molar-refractivity contribution in [1.82, 2.24) is 4.90 Å². The number of ether oxygens (including phenoxy) is 2. The lowest BCUT2D eigenvalue weighted by atomic mass is 9.97. The van der Waals surface area contributed by atoms with Crippen molar-refractivity contribution >= 4 is 50.9 Å². The topological polar surface area (TPSA) is 80.2 Å². The normalized spacial score (nSPS) is 18.4. The van der Waals surface area contributed by atoms with E-state index < -0.39 is 5.25 Å². The molecule has 2 aliphatic rings. The quantitative estimate of drug-likeness (QED) is 0.304. The number of thioether (sulfide) groups is 1. The zero-order chi connectivity index (χ0) is 27.2. The Balaban J connectivity index is 1.36. The number of carbonyl (C=O) groups is 2. The van der Waals surface area contributed by atoms with Crippen LogP contribution in [-0.4, -0.2) is 47.9 Å². The number of rotatable bonds is 9. The summed E-state index contributed by atoms with van der Waals surface area (Å²) in [5, 5.41) is 5.13. The van der Waals surface area contributed by atoms with E-state index in [1.807, 2.05) is 30.3 Å². The third-order valence-corrected chi connectivity index (χ3v) is 8.26. The summed E-state index contributed by atoms with van der Waals surface area (Å²) in [4.78, 5) is 33.3. The third kappa shape index (κ3) is 6.28. The Bertz CT molecular complexity index is 1430. The summed E-state index contributed by atoms with van der Waals surface area (Å²) < 4.78 is 10.6. The van der Waals surface area contributed by atoms with E-state index in [1.165, 1.54) is 30.2 Å². The van der Waals surface area contributed by atoms with Crippen molar-refractivity contribution in [3.05, 3.63) is 72.3 Å². The number of allylic oxidation sites excluding steroid dienone is 1. The molecule has 1 aliphatic carbocycles. The van der Waals surface area contributed by atoms with Gasteiger partial charge < -0.3 is 14.8 Å². The van der Waals surface area contributed by atoms with E-state index in [2.05, 4.69) is 23.5 Å². The lowest BCUT2D eigenvalue weighted by molar-refractivity contribution is -0.128. The molecule has 0 unspecified atom stereocenters. The van der Waals surface area contributed by atoms with Gasteiger partial charge in [-0.15, -0.1) is 0 Å². The minimum absolute atomic E-state index is 0.0472. The Morgan fingerprint density at radius 1 is 1.05 bits per heavy atom. The molecule has 1 heterocycles. The summed E-state index contributed by atoms with van der Waals surface area (Å²) in [5.74, 6) is 0.789. The van der Waals surface area contributed by atoms with Crippen LogP contribution in [0.1, 0.15) is 38.5 Å². The van der Waals surface area contributed by atoms with Crippen molar-refractivity contribution in [2.75, 3.05) is 26.1 Å². The molecule has 8 heteroatoms. The zero-order valence-corrected chi connectivity index (χ0v) is 23.1. The first kappa shape index (κ1) is 26.8. The Kier molecular flexibility index (Phi) is 8.51. The van der Waals surface area contributed by atoms with E-state index in [-0.39, 0.29) is 18.2 Å². The van der Waals surface area contributed by atoms with Crippen molar-refractivity contribution < 1.29 is 19.1 Å². The molecule has 1 aliphatic heterocycles. The molecule has 1 N–H and O–H groups in total. The number of methoxy groups -OCH3 is 2. The van der Waals surface area contributed by atoms with Crippen molar-refractivity contribution in [3.63, 3.8) is 0 Å². The molecule has 0 aromatic heterocycles. The van der Waals surface area contributed by atoms with Crippen LogP contribution in [0.4, 0.5) is 11.4 Å². The number of anilines is 1. The number of hydrogen-bond donors (Lipinski definition) is 1. The van der Waals surface area contributed by atoms with Gasteiger partial charge in [0.05, 0.1) is 19.9 Å². The highest BCUT2D eigenvalue weighted by Gasteiger charge is 2.39. The lowest BCUT2D eigenvalue weighted by Gasteiger charge is -2.19. The monoisotopic (exact) mass is 543 g/mol. The van der Waals surface area contributed by atoms with E-state index in [9.17, 15) is 9.59 Å². The largest absolute Gasteiger partial charge is 0.493 e.